The monoisotopic (exact) mass is 462 g/mol. The number of carbonyl (C=O) groups excluding carboxylic acids is 1. The molecule has 2 heterocycles. The molecule has 0 saturated carbocycles. The van der Waals surface area contributed by atoms with Gasteiger partial charge in [-0.2, -0.15) is 9.61 Å². The summed E-state index contributed by atoms with van der Waals surface area (Å²) in [5.74, 6) is 0.296. The number of ether oxygens (including phenoxy) is 1. The minimum Gasteiger partial charge on any atom is -0.487 e. The fraction of sp³-hybridized carbons (Fsp3) is 0.280. The molecular weight excluding hydrogens is 436 g/mol. The van der Waals surface area contributed by atoms with Crippen LogP contribution in [-0.4, -0.2) is 20.5 Å². The van der Waals surface area contributed by atoms with Crippen LogP contribution in [0.2, 0.25) is 0 Å². The Kier molecular flexibility index (Phi) is 7.14. The van der Waals surface area contributed by atoms with E-state index in [-0.39, 0.29) is 24.0 Å². The van der Waals surface area contributed by atoms with Gasteiger partial charge < -0.3 is 10.1 Å². The lowest BCUT2D eigenvalue weighted by Gasteiger charge is -2.16. The first-order chi connectivity index (χ1) is 16.1. The van der Waals surface area contributed by atoms with Crippen LogP contribution in [-0.2, 0) is 17.8 Å². The van der Waals surface area contributed by atoms with E-state index in [0.29, 0.717) is 28.5 Å². The number of hydrogen-bond donors (Lipinski definition) is 1. The van der Waals surface area contributed by atoms with Crippen LogP contribution in [0.4, 0.5) is 5.69 Å². The van der Waals surface area contributed by atoms with Crippen LogP contribution in [0, 0.1) is 0 Å². The summed E-state index contributed by atoms with van der Waals surface area (Å²) in [6.07, 6.45) is 2.48. The van der Waals surface area contributed by atoms with Gasteiger partial charge in [-0.15, -0.1) is 0 Å². The van der Waals surface area contributed by atoms with Gasteiger partial charge in [-0.3, -0.25) is 9.59 Å². The number of nitrogens with zero attached hydrogens (tertiary/aromatic N) is 3. The van der Waals surface area contributed by atoms with Gasteiger partial charge in [-0.1, -0.05) is 61.6 Å². The Labute approximate surface area is 196 Å². The maximum absolute atomic E-state index is 12.8. The molecule has 0 radical (unpaired) electrons. The molecule has 2 aromatic heterocycles. The van der Waals surface area contributed by atoms with E-state index in [1.165, 1.54) is 21.9 Å². The molecule has 33 heavy (non-hydrogen) atoms. The Balaban J connectivity index is 1.44. The second-order valence-corrected chi connectivity index (χ2v) is 8.74. The van der Waals surface area contributed by atoms with Gasteiger partial charge in [0.1, 0.15) is 17.4 Å². The third-order valence-corrected chi connectivity index (χ3v) is 6.19. The molecule has 0 bridgehead atoms. The van der Waals surface area contributed by atoms with E-state index in [1.54, 1.807) is 6.07 Å². The Hall–Kier alpha value is -3.52. The number of fused-ring (bicyclic) bond motifs is 1. The molecule has 1 atom stereocenters. The maximum atomic E-state index is 12.8. The molecule has 1 N–H and O–H groups in total. The summed E-state index contributed by atoms with van der Waals surface area (Å²) >= 11 is 1.42. The fourth-order valence-corrected chi connectivity index (χ4v) is 4.61. The number of hydrogen-bond acceptors (Lipinski definition) is 6. The lowest BCUT2D eigenvalue weighted by Crippen LogP contribution is -2.20. The third kappa shape index (κ3) is 5.46. The molecule has 0 aliphatic heterocycles. The summed E-state index contributed by atoms with van der Waals surface area (Å²) in [6.45, 7) is 4.21. The molecule has 4 aromatic rings. The summed E-state index contributed by atoms with van der Waals surface area (Å²) in [4.78, 5) is 30.3. The van der Waals surface area contributed by atoms with Crippen LogP contribution < -0.4 is 15.6 Å². The number of anilines is 1. The standard InChI is InChI=1S/C25H26N4O3S/c1-3-9-22-28-29-23(30)15-19(27-25(29)33-22)16-32-20-13-8-12-18(14-20)26-24(31)21(4-2)17-10-6-5-7-11-17/h5-8,10-15,21H,3-4,9,16H2,1-2H3,(H,26,31)/t21-/m1/s1. The second-order valence-electron chi connectivity index (χ2n) is 7.70. The quantitative estimate of drug-likeness (QED) is 0.386. The predicted molar refractivity (Wildman–Crippen MR) is 130 cm³/mol. The average Bonchev–Trinajstić information content (AvgIpc) is 3.23. The minimum absolute atomic E-state index is 0.0610. The van der Waals surface area contributed by atoms with Crippen molar-refractivity contribution >= 4 is 27.9 Å². The van der Waals surface area contributed by atoms with Crippen molar-refractivity contribution in [3.63, 3.8) is 0 Å². The van der Waals surface area contributed by atoms with E-state index in [1.807, 2.05) is 55.5 Å². The molecule has 170 valence electrons. The normalized spacial score (nSPS) is 11.9. The van der Waals surface area contributed by atoms with Crippen LogP contribution >= 0.6 is 11.3 Å². The van der Waals surface area contributed by atoms with Crippen LogP contribution in [0.3, 0.4) is 0 Å². The highest BCUT2D eigenvalue weighted by Crippen LogP contribution is 2.24. The van der Waals surface area contributed by atoms with E-state index in [0.717, 1.165) is 23.4 Å². The SMILES string of the molecule is CCCc1nn2c(=O)cc(COc3cccc(NC(=O)[C@H](CC)c4ccccc4)c3)nc2s1. The van der Waals surface area contributed by atoms with E-state index in [9.17, 15) is 9.59 Å². The molecule has 7 nitrogen and oxygen atoms in total. The zero-order valence-corrected chi connectivity index (χ0v) is 19.5. The fourth-order valence-electron chi connectivity index (χ4n) is 3.59. The number of nitrogens with one attached hydrogen (secondary N) is 1. The highest BCUT2D eigenvalue weighted by Gasteiger charge is 2.18. The highest BCUT2D eigenvalue weighted by molar-refractivity contribution is 7.16. The molecule has 4 rings (SSSR count). The Morgan fingerprint density at radius 2 is 1.94 bits per heavy atom. The summed E-state index contributed by atoms with van der Waals surface area (Å²) in [5.41, 5.74) is 1.96. The zero-order chi connectivity index (χ0) is 23.2. The number of carbonyl (C=O) groups is 1. The molecule has 1 amide bonds. The number of aryl methyl sites for hydroxylation is 1. The summed E-state index contributed by atoms with van der Waals surface area (Å²) in [6, 6.07) is 18.4. The van der Waals surface area contributed by atoms with Crippen molar-refractivity contribution in [1.82, 2.24) is 14.6 Å². The van der Waals surface area contributed by atoms with E-state index < -0.39 is 0 Å². The second kappa shape index (κ2) is 10.4. The number of benzene rings is 2. The predicted octanol–water partition coefficient (Wildman–Crippen LogP) is 4.81. The van der Waals surface area contributed by atoms with E-state index >= 15 is 0 Å². The van der Waals surface area contributed by atoms with Crippen molar-refractivity contribution in [2.75, 3.05) is 5.32 Å². The lowest BCUT2D eigenvalue weighted by atomic mass is 9.95. The average molecular weight is 463 g/mol. The number of amides is 1. The minimum atomic E-state index is -0.225. The first kappa shape index (κ1) is 22.7. The molecule has 0 aliphatic carbocycles. The van der Waals surface area contributed by atoms with Gasteiger partial charge in [0.15, 0.2) is 0 Å². The first-order valence-corrected chi connectivity index (χ1v) is 11.9. The van der Waals surface area contributed by atoms with E-state index in [2.05, 4.69) is 22.3 Å². The maximum Gasteiger partial charge on any atom is 0.275 e. The van der Waals surface area contributed by atoms with Gasteiger partial charge in [-0.25, -0.2) is 4.98 Å². The summed E-state index contributed by atoms with van der Waals surface area (Å²) < 4.78 is 7.21. The largest absolute Gasteiger partial charge is 0.487 e. The number of rotatable bonds is 9. The molecule has 0 saturated heterocycles. The van der Waals surface area contributed by atoms with Crippen molar-refractivity contribution in [3.8, 4) is 5.75 Å². The summed E-state index contributed by atoms with van der Waals surface area (Å²) in [7, 11) is 0. The molecule has 0 spiro atoms. The van der Waals surface area contributed by atoms with Gasteiger partial charge in [0, 0.05) is 24.2 Å². The van der Waals surface area contributed by atoms with Crippen LogP contribution in [0.5, 0.6) is 5.75 Å². The molecule has 0 fully saturated rings. The Morgan fingerprint density at radius 1 is 1.12 bits per heavy atom. The molecular formula is C25H26N4O3S. The van der Waals surface area contributed by atoms with Gasteiger partial charge in [0.2, 0.25) is 10.9 Å². The van der Waals surface area contributed by atoms with Crippen LogP contribution in [0.1, 0.15) is 48.9 Å². The van der Waals surface area contributed by atoms with Crippen molar-refractivity contribution in [1.29, 1.82) is 0 Å². The molecule has 0 aliphatic rings. The lowest BCUT2D eigenvalue weighted by molar-refractivity contribution is -0.117. The van der Waals surface area contributed by atoms with Gasteiger partial charge in [-0.05, 0) is 30.5 Å². The van der Waals surface area contributed by atoms with Gasteiger partial charge >= 0.3 is 0 Å². The van der Waals surface area contributed by atoms with Gasteiger partial charge in [0.05, 0.1) is 11.6 Å². The highest BCUT2D eigenvalue weighted by atomic mass is 32.1. The summed E-state index contributed by atoms with van der Waals surface area (Å²) in [5, 5.41) is 8.20. The molecule has 8 heteroatoms. The topological polar surface area (TPSA) is 85.6 Å². The smallest absolute Gasteiger partial charge is 0.275 e. The van der Waals surface area contributed by atoms with Crippen LogP contribution in [0.15, 0.2) is 65.5 Å². The van der Waals surface area contributed by atoms with Crippen molar-refractivity contribution in [2.45, 2.75) is 45.6 Å². The first-order valence-electron chi connectivity index (χ1n) is 11.0. The molecule has 0 unspecified atom stereocenters. The zero-order valence-electron chi connectivity index (χ0n) is 18.7. The van der Waals surface area contributed by atoms with Gasteiger partial charge in [0.25, 0.3) is 5.56 Å². The molecule has 2 aromatic carbocycles. The number of aromatic nitrogens is 3. The third-order valence-electron chi connectivity index (χ3n) is 5.22. The van der Waals surface area contributed by atoms with E-state index in [4.69, 9.17) is 4.74 Å². The Morgan fingerprint density at radius 3 is 2.70 bits per heavy atom. The van der Waals surface area contributed by atoms with Crippen molar-refractivity contribution < 1.29 is 9.53 Å². The van der Waals surface area contributed by atoms with Crippen molar-refractivity contribution in [3.05, 3.63) is 87.3 Å². The van der Waals surface area contributed by atoms with Crippen LogP contribution in [0.25, 0.3) is 4.96 Å². The Bertz CT molecular complexity index is 1300. The van der Waals surface area contributed by atoms with Crippen molar-refractivity contribution in [2.24, 2.45) is 0 Å².